The Labute approximate surface area is 241 Å². The molecule has 5 heterocycles. The largest absolute Gasteiger partial charge is 0.345 e. The van der Waals surface area contributed by atoms with Crippen molar-refractivity contribution in [1.29, 1.82) is 5.26 Å². The predicted octanol–water partition coefficient (Wildman–Crippen LogP) is 5.14. The first-order valence-electron chi connectivity index (χ1n) is 12.5. The zero-order valence-electron chi connectivity index (χ0n) is 21.1. The highest BCUT2D eigenvalue weighted by Gasteiger charge is 2.33. The standard InChI is InChI=1S/C28H24BrClN6O2S/c1-34-14-22(29)26(37)36(27(34)38)13-19-12-23-25(39-19)20(2-6-33-23)21-11-18(30)10-17-3-9-35(24(17)21)16-28(15-31)4-7-32-8-5-28/h2-3,6,9-12,14,32H,4-5,7-8,13,16H2,1H3. The second-order valence-corrected chi connectivity index (χ2v) is 12.5. The van der Waals surface area contributed by atoms with E-state index in [9.17, 15) is 14.9 Å². The number of aryl methyl sites for hydroxylation is 1. The SMILES string of the molecule is Cn1cc(Br)c(=O)n(Cc2cc3nccc(-c4cc(Cl)cc5ccn(CC6(C#N)CCNCC6)c45)c3s2)c1=O. The summed E-state index contributed by atoms with van der Waals surface area (Å²) in [7, 11) is 1.62. The molecule has 1 N–H and O–H groups in total. The average molecular weight is 624 g/mol. The van der Waals surface area contributed by atoms with Crippen molar-refractivity contribution in [3.8, 4) is 17.2 Å². The molecular formula is C28H24BrClN6O2S. The van der Waals surface area contributed by atoms with Gasteiger partial charge in [-0.1, -0.05) is 11.6 Å². The van der Waals surface area contributed by atoms with Crippen LogP contribution in [0.2, 0.25) is 5.02 Å². The third-order valence-electron chi connectivity index (χ3n) is 7.45. The summed E-state index contributed by atoms with van der Waals surface area (Å²) in [4.78, 5) is 30.8. The number of hydrogen-bond acceptors (Lipinski definition) is 6. The monoisotopic (exact) mass is 622 g/mol. The molecule has 0 radical (unpaired) electrons. The van der Waals surface area contributed by atoms with Crippen LogP contribution in [0.5, 0.6) is 0 Å². The maximum Gasteiger partial charge on any atom is 0.331 e. The molecule has 1 aliphatic heterocycles. The Balaban J connectivity index is 1.48. The lowest BCUT2D eigenvalue weighted by Gasteiger charge is -2.32. The van der Waals surface area contributed by atoms with Crippen LogP contribution in [0, 0.1) is 16.7 Å². The molecule has 0 atom stereocenters. The molecule has 198 valence electrons. The van der Waals surface area contributed by atoms with Crippen molar-refractivity contribution in [2.45, 2.75) is 25.9 Å². The number of rotatable bonds is 5. The van der Waals surface area contributed by atoms with Crippen molar-refractivity contribution < 1.29 is 0 Å². The zero-order valence-corrected chi connectivity index (χ0v) is 24.2. The second-order valence-electron chi connectivity index (χ2n) is 10.0. The molecule has 0 spiro atoms. The summed E-state index contributed by atoms with van der Waals surface area (Å²) in [5, 5.41) is 15.1. The Morgan fingerprint density at radius 3 is 2.77 bits per heavy atom. The minimum absolute atomic E-state index is 0.144. The number of piperidine rings is 1. The normalized spacial score (nSPS) is 15.1. The van der Waals surface area contributed by atoms with Crippen molar-refractivity contribution in [2.75, 3.05) is 13.1 Å². The quantitative estimate of drug-likeness (QED) is 0.293. The lowest BCUT2D eigenvalue weighted by atomic mass is 9.80. The smallest absolute Gasteiger partial charge is 0.331 e. The first-order chi connectivity index (χ1) is 18.8. The fourth-order valence-corrected chi connectivity index (χ4v) is 7.32. The van der Waals surface area contributed by atoms with Gasteiger partial charge in [0.25, 0.3) is 5.56 Å². The van der Waals surface area contributed by atoms with Gasteiger partial charge in [-0.2, -0.15) is 5.26 Å². The van der Waals surface area contributed by atoms with E-state index in [2.05, 4.69) is 36.9 Å². The van der Waals surface area contributed by atoms with Gasteiger partial charge < -0.3 is 14.5 Å². The highest BCUT2D eigenvalue weighted by molar-refractivity contribution is 9.10. The van der Waals surface area contributed by atoms with E-state index < -0.39 is 5.41 Å². The minimum Gasteiger partial charge on any atom is -0.345 e. The number of nitrogens with zero attached hydrogens (tertiary/aromatic N) is 5. The third kappa shape index (κ3) is 4.63. The summed E-state index contributed by atoms with van der Waals surface area (Å²) in [5.74, 6) is 0. The molecule has 6 rings (SSSR count). The van der Waals surface area contributed by atoms with Gasteiger partial charge in [-0.3, -0.25) is 14.3 Å². The van der Waals surface area contributed by atoms with E-state index in [1.807, 2.05) is 36.5 Å². The second kappa shape index (κ2) is 10.1. The van der Waals surface area contributed by atoms with E-state index in [1.165, 1.54) is 26.7 Å². The number of nitrogens with one attached hydrogen (secondary N) is 1. The molecule has 0 bridgehead atoms. The number of thiophene rings is 1. The van der Waals surface area contributed by atoms with E-state index in [-0.39, 0.29) is 17.8 Å². The summed E-state index contributed by atoms with van der Waals surface area (Å²) in [6, 6.07) is 12.5. The van der Waals surface area contributed by atoms with Crippen LogP contribution in [0.3, 0.4) is 0 Å². The summed E-state index contributed by atoms with van der Waals surface area (Å²) in [6.45, 7) is 2.41. The van der Waals surface area contributed by atoms with Crippen molar-refractivity contribution in [3.63, 3.8) is 0 Å². The van der Waals surface area contributed by atoms with Crippen molar-refractivity contribution in [3.05, 3.63) is 84.1 Å². The van der Waals surface area contributed by atoms with Gasteiger partial charge in [-0.05, 0) is 72.2 Å². The Hall–Kier alpha value is -3.23. The molecule has 4 aromatic heterocycles. The van der Waals surface area contributed by atoms with Crippen molar-refractivity contribution in [1.82, 2.24) is 24.0 Å². The molecule has 0 saturated carbocycles. The van der Waals surface area contributed by atoms with Crippen LogP contribution < -0.4 is 16.6 Å². The first kappa shape index (κ1) is 26.0. The lowest BCUT2D eigenvalue weighted by molar-refractivity contribution is 0.247. The van der Waals surface area contributed by atoms with E-state index in [0.717, 1.165) is 63.1 Å². The van der Waals surface area contributed by atoms with Crippen molar-refractivity contribution in [2.24, 2.45) is 12.5 Å². The van der Waals surface area contributed by atoms with Gasteiger partial charge in [0.1, 0.15) is 0 Å². The van der Waals surface area contributed by atoms with Crippen LogP contribution in [-0.4, -0.2) is 31.8 Å². The molecule has 1 saturated heterocycles. The maximum atomic E-state index is 12.7. The van der Waals surface area contributed by atoms with Crippen LogP contribution >= 0.6 is 38.9 Å². The minimum atomic E-state index is -0.429. The van der Waals surface area contributed by atoms with E-state index in [4.69, 9.17) is 11.6 Å². The van der Waals surface area contributed by atoms with Crippen LogP contribution in [0.1, 0.15) is 17.7 Å². The van der Waals surface area contributed by atoms with E-state index in [0.29, 0.717) is 16.0 Å². The van der Waals surface area contributed by atoms with Crippen molar-refractivity contribution >= 4 is 60.0 Å². The molecule has 8 nitrogen and oxygen atoms in total. The topological polar surface area (TPSA) is 97.6 Å². The number of nitriles is 1. The molecule has 1 fully saturated rings. The molecule has 5 aromatic rings. The van der Waals surface area contributed by atoms with E-state index >= 15 is 0 Å². The van der Waals surface area contributed by atoms with Gasteiger partial charge in [0, 0.05) is 58.6 Å². The molecule has 0 amide bonds. The van der Waals surface area contributed by atoms with Gasteiger partial charge in [-0.15, -0.1) is 11.3 Å². The van der Waals surface area contributed by atoms with Crippen LogP contribution in [0.25, 0.3) is 32.2 Å². The Morgan fingerprint density at radius 2 is 2.00 bits per heavy atom. The molecule has 1 aromatic carbocycles. The number of benzene rings is 1. The fraction of sp³-hybridized carbons (Fsp3) is 0.286. The third-order valence-corrected chi connectivity index (χ3v) is 9.36. The van der Waals surface area contributed by atoms with Gasteiger partial charge in [-0.25, -0.2) is 4.79 Å². The van der Waals surface area contributed by atoms with Gasteiger partial charge in [0.15, 0.2) is 0 Å². The molecule has 0 aliphatic carbocycles. The molecular weight excluding hydrogens is 600 g/mol. The molecule has 11 heteroatoms. The van der Waals surface area contributed by atoms with Crippen LogP contribution in [0.15, 0.2) is 63.0 Å². The van der Waals surface area contributed by atoms with E-state index in [1.54, 1.807) is 13.2 Å². The number of hydrogen-bond donors (Lipinski definition) is 1. The molecule has 1 aliphatic rings. The summed E-state index contributed by atoms with van der Waals surface area (Å²) < 4.78 is 6.06. The number of pyridine rings is 1. The van der Waals surface area contributed by atoms with Gasteiger partial charge in [0.05, 0.1) is 38.2 Å². The summed E-state index contributed by atoms with van der Waals surface area (Å²) in [6.07, 6.45) is 6.88. The zero-order chi connectivity index (χ0) is 27.3. The number of fused-ring (bicyclic) bond motifs is 2. The fourth-order valence-electron chi connectivity index (χ4n) is 5.45. The Bertz CT molecular complexity index is 1870. The maximum absolute atomic E-state index is 12.7. The predicted molar refractivity (Wildman–Crippen MR) is 158 cm³/mol. The molecule has 0 unspecified atom stereocenters. The molecule has 39 heavy (non-hydrogen) atoms. The highest BCUT2D eigenvalue weighted by Crippen LogP contribution is 2.40. The summed E-state index contributed by atoms with van der Waals surface area (Å²) >= 11 is 11.4. The Kier molecular flexibility index (Phi) is 6.71. The first-order valence-corrected chi connectivity index (χ1v) is 14.5. The van der Waals surface area contributed by atoms with Gasteiger partial charge >= 0.3 is 5.69 Å². The number of aromatic nitrogens is 4. The lowest BCUT2D eigenvalue weighted by Crippen LogP contribution is -2.39. The number of halogens is 2. The average Bonchev–Trinajstić information content (AvgIpc) is 3.53. The summed E-state index contributed by atoms with van der Waals surface area (Å²) in [5.41, 5.74) is 2.55. The van der Waals surface area contributed by atoms with Crippen LogP contribution in [0.4, 0.5) is 0 Å². The van der Waals surface area contributed by atoms with Crippen LogP contribution in [-0.2, 0) is 20.1 Å². The van der Waals surface area contributed by atoms with Gasteiger partial charge in [0.2, 0.25) is 0 Å². The Morgan fingerprint density at radius 1 is 1.21 bits per heavy atom. The highest BCUT2D eigenvalue weighted by atomic mass is 79.9.